The summed E-state index contributed by atoms with van der Waals surface area (Å²) < 4.78 is 5.49. The van der Waals surface area contributed by atoms with Crippen LogP contribution in [0, 0.1) is 24.0 Å². The van der Waals surface area contributed by atoms with E-state index in [-0.39, 0.29) is 18.0 Å². The van der Waals surface area contributed by atoms with E-state index in [4.69, 9.17) is 4.74 Å². The lowest BCUT2D eigenvalue weighted by Crippen LogP contribution is -2.20. The normalized spacial score (nSPS) is 10.4. The molecule has 0 unspecified atom stereocenters. The number of hydrogen-bond acceptors (Lipinski definition) is 4. The highest BCUT2D eigenvalue weighted by Gasteiger charge is 2.16. The van der Waals surface area contributed by atoms with Gasteiger partial charge in [-0.25, -0.2) is 0 Å². The summed E-state index contributed by atoms with van der Waals surface area (Å²) in [7, 11) is 0. The summed E-state index contributed by atoms with van der Waals surface area (Å²) in [6.07, 6.45) is 0. The van der Waals surface area contributed by atoms with E-state index in [1.165, 1.54) is 17.7 Å². The first-order chi connectivity index (χ1) is 13.4. The second-order valence-corrected chi connectivity index (χ2v) is 6.50. The first kappa shape index (κ1) is 19.1. The van der Waals surface area contributed by atoms with Gasteiger partial charge >= 0.3 is 0 Å². The van der Waals surface area contributed by atoms with Crippen molar-refractivity contribution in [3.63, 3.8) is 0 Å². The number of rotatable bonds is 6. The van der Waals surface area contributed by atoms with E-state index in [0.717, 1.165) is 16.7 Å². The lowest BCUT2D eigenvalue weighted by atomic mass is 10.0. The van der Waals surface area contributed by atoms with Crippen LogP contribution < -0.4 is 10.1 Å². The first-order valence-corrected chi connectivity index (χ1v) is 8.77. The van der Waals surface area contributed by atoms with Gasteiger partial charge in [-0.15, -0.1) is 0 Å². The molecule has 0 bridgehead atoms. The average molecular weight is 376 g/mol. The summed E-state index contributed by atoms with van der Waals surface area (Å²) in [4.78, 5) is 22.7. The molecule has 0 aromatic heterocycles. The topological polar surface area (TPSA) is 81.5 Å². The highest BCUT2D eigenvalue weighted by Crippen LogP contribution is 2.26. The predicted molar refractivity (Wildman–Crippen MR) is 109 cm³/mol. The van der Waals surface area contributed by atoms with Gasteiger partial charge in [0.15, 0.2) is 6.61 Å². The van der Waals surface area contributed by atoms with Crippen molar-refractivity contribution >= 4 is 17.3 Å². The highest BCUT2D eigenvalue weighted by atomic mass is 16.6. The van der Waals surface area contributed by atoms with Crippen molar-refractivity contribution in [2.24, 2.45) is 0 Å². The van der Waals surface area contributed by atoms with E-state index in [1.54, 1.807) is 25.1 Å². The predicted octanol–water partition coefficient (Wildman–Crippen LogP) is 4.90. The van der Waals surface area contributed by atoms with Gasteiger partial charge in [0.05, 0.1) is 4.92 Å². The monoisotopic (exact) mass is 376 g/mol. The van der Waals surface area contributed by atoms with Crippen molar-refractivity contribution < 1.29 is 14.5 Å². The minimum Gasteiger partial charge on any atom is -0.484 e. The maximum Gasteiger partial charge on any atom is 0.293 e. The Labute approximate surface area is 162 Å². The van der Waals surface area contributed by atoms with Gasteiger partial charge in [0.2, 0.25) is 0 Å². The number of nitrogens with zero attached hydrogens (tertiary/aromatic N) is 1. The summed E-state index contributed by atoms with van der Waals surface area (Å²) in [5.74, 6) is 0.0824. The molecule has 0 atom stereocenters. The molecular formula is C22H20N2O4. The van der Waals surface area contributed by atoms with E-state index in [0.29, 0.717) is 5.75 Å². The Bertz CT molecular complexity index is 996. The van der Waals surface area contributed by atoms with Gasteiger partial charge in [0.1, 0.15) is 11.4 Å². The molecule has 3 aromatic rings. The Hall–Kier alpha value is -3.67. The Kier molecular flexibility index (Phi) is 5.69. The van der Waals surface area contributed by atoms with Crippen LogP contribution in [-0.2, 0) is 4.79 Å². The molecule has 28 heavy (non-hydrogen) atoms. The molecule has 0 saturated carbocycles. The van der Waals surface area contributed by atoms with E-state index in [1.807, 2.05) is 43.3 Å². The summed E-state index contributed by atoms with van der Waals surface area (Å²) in [5.41, 5.74) is 4.10. The molecule has 6 heteroatoms. The van der Waals surface area contributed by atoms with Gasteiger partial charge in [0.25, 0.3) is 11.6 Å². The number of ether oxygens (including phenoxy) is 1. The summed E-state index contributed by atoms with van der Waals surface area (Å²) in [5, 5.41) is 13.7. The zero-order valence-corrected chi connectivity index (χ0v) is 15.6. The van der Waals surface area contributed by atoms with Crippen molar-refractivity contribution in [1.29, 1.82) is 0 Å². The highest BCUT2D eigenvalue weighted by molar-refractivity contribution is 5.94. The molecule has 0 spiro atoms. The zero-order chi connectivity index (χ0) is 20.1. The molecule has 0 aliphatic rings. The zero-order valence-electron chi connectivity index (χ0n) is 15.6. The van der Waals surface area contributed by atoms with Crippen LogP contribution in [0.3, 0.4) is 0 Å². The number of carbonyl (C=O) groups is 1. The van der Waals surface area contributed by atoms with Crippen molar-refractivity contribution in [3.05, 3.63) is 88.0 Å². The maximum atomic E-state index is 12.1. The van der Waals surface area contributed by atoms with E-state index < -0.39 is 10.8 Å². The second kappa shape index (κ2) is 8.35. The van der Waals surface area contributed by atoms with Crippen LogP contribution in [0.2, 0.25) is 0 Å². The fourth-order valence-corrected chi connectivity index (χ4v) is 2.72. The number of benzene rings is 3. The molecule has 1 amide bonds. The van der Waals surface area contributed by atoms with Crippen LogP contribution in [0.15, 0.2) is 66.7 Å². The Morgan fingerprint density at radius 3 is 2.11 bits per heavy atom. The fraction of sp³-hybridized carbons (Fsp3) is 0.136. The van der Waals surface area contributed by atoms with Crippen LogP contribution in [-0.4, -0.2) is 17.4 Å². The molecule has 142 valence electrons. The van der Waals surface area contributed by atoms with Gasteiger partial charge in [-0.2, -0.15) is 0 Å². The van der Waals surface area contributed by atoms with Gasteiger partial charge < -0.3 is 10.1 Å². The van der Waals surface area contributed by atoms with E-state index in [2.05, 4.69) is 5.32 Å². The maximum absolute atomic E-state index is 12.1. The van der Waals surface area contributed by atoms with Crippen LogP contribution in [0.5, 0.6) is 5.75 Å². The average Bonchev–Trinajstić information content (AvgIpc) is 2.69. The molecule has 0 fully saturated rings. The SMILES string of the molecule is Cc1ccc(-c2ccc(OCC(=O)Nc3ccc(C)cc3[N+](=O)[O-])cc2)cc1. The quantitative estimate of drug-likeness (QED) is 0.490. The van der Waals surface area contributed by atoms with Crippen LogP contribution in [0.25, 0.3) is 11.1 Å². The van der Waals surface area contributed by atoms with Crippen LogP contribution in [0.1, 0.15) is 11.1 Å². The Balaban J connectivity index is 1.61. The molecule has 0 aliphatic carbocycles. The number of carbonyl (C=O) groups excluding carboxylic acids is 1. The number of nitro benzene ring substituents is 1. The molecule has 1 N–H and O–H groups in total. The number of nitro groups is 1. The molecule has 0 radical (unpaired) electrons. The minimum absolute atomic E-state index is 0.143. The van der Waals surface area contributed by atoms with Crippen molar-refractivity contribution in [3.8, 4) is 16.9 Å². The number of nitrogens with one attached hydrogen (secondary N) is 1. The van der Waals surface area contributed by atoms with Crippen LogP contribution in [0.4, 0.5) is 11.4 Å². The Morgan fingerprint density at radius 1 is 0.929 bits per heavy atom. The second-order valence-electron chi connectivity index (χ2n) is 6.50. The third-order valence-electron chi connectivity index (χ3n) is 4.23. The minimum atomic E-state index is -0.521. The smallest absolute Gasteiger partial charge is 0.293 e. The van der Waals surface area contributed by atoms with Gasteiger partial charge in [-0.1, -0.05) is 48.0 Å². The molecule has 0 heterocycles. The third-order valence-corrected chi connectivity index (χ3v) is 4.23. The number of anilines is 1. The van der Waals surface area contributed by atoms with E-state index >= 15 is 0 Å². The van der Waals surface area contributed by atoms with Gasteiger partial charge in [0, 0.05) is 6.07 Å². The van der Waals surface area contributed by atoms with Gasteiger partial charge in [-0.3, -0.25) is 14.9 Å². The fourth-order valence-electron chi connectivity index (χ4n) is 2.72. The summed E-state index contributed by atoms with van der Waals surface area (Å²) in [6, 6.07) is 20.2. The van der Waals surface area contributed by atoms with Crippen molar-refractivity contribution in [2.45, 2.75) is 13.8 Å². The molecule has 3 aromatic carbocycles. The molecular weight excluding hydrogens is 356 g/mol. The largest absolute Gasteiger partial charge is 0.484 e. The van der Waals surface area contributed by atoms with Crippen LogP contribution >= 0.6 is 0 Å². The molecule has 0 aliphatic heterocycles. The van der Waals surface area contributed by atoms with Crippen molar-refractivity contribution in [1.82, 2.24) is 0 Å². The van der Waals surface area contributed by atoms with E-state index in [9.17, 15) is 14.9 Å². The number of hydrogen-bond donors (Lipinski definition) is 1. The first-order valence-electron chi connectivity index (χ1n) is 8.77. The number of amides is 1. The number of aryl methyl sites for hydroxylation is 2. The molecule has 3 rings (SSSR count). The lowest BCUT2D eigenvalue weighted by molar-refractivity contribution is -0.384. The lowest BCUT2D eigenvalue weighted by Gasteiger charge is -2.09. The summed E-state index contributed by atoms with van der Waals surface area (Å²) >= 11 is 0. The molecule has 0 saturated heterocycles. The summed E-state index contributed by atoms with van der Waals surface area (Å²) in [6.45, 7) is 3.55. The van der Waals surface area contributed by atoms with Gasteiger partial charge in [-0.05, 0) is 48.7 Å². The van der Waals surface area contributed by atoms with Crippen molar-refractivity contribution in [2.75, 3.05) is 11.9 Å². The third kappa shape index (κ3) is 4.73. The standard InChI is InChI=1S/C22H20N2O4/c1-15-3-6-17(7-4-15)18-8-10-19(11-9-18)28-14-22(25)23-20-12-5-16(2)13-21(20)24(26)27/h3-13H,14H2,1-2H3,(H,23,25). The molecule has 6 nitrogen and oxygen atoms in total. The Morgan fingerprint density at radius 2 is 1.50 bits per heavy atom.